The molecule has 9 heteroatoms. The van der Waals surface area contributed by atoms with Crippen LogP contribution in [0.2, 0.25) is 0 Å². The van der Waals surface area contributed by atoms with E-state index < -0.39 is 11.9 Å². The molecule has 0 aliphatic heterocycles. The zero-order valence-corrected chi connectivity index (χ0v) is 11.5. The first-order valence-corrected chi connectivity index (χ1v) is 6.07. The van der Waals surface area contributed by atoms with Crippen molar-refractivity contribution in [1.82, 2.24) is 15.2 Å². The molecule has 19 heavy (non-hydrogen) atoms. The number of aromatic nitrogens is 3. The van der Waals surface area contributed by atoms with Crippen LogP contribution in [0.15, 0.2) is 18.2 Å². The normalized spacial score (nSPS) is 10.2. The van der Waals surface area contributed by atoms with Gasteiger partial charge in [-0.3, -0.25) is 9.89 Å². The second-order valence-electron chi connectivity index (χ2n) is 3.49. The average Bonchev–Trinajstić information content (AvgIpc) is 2.78. The number of nitrogens with one attached hydrogen (secondary N) is 2. The summed E-state index contributed by atoms with van der Waals surface area (Å²) < 4.78 is 0.747. The summed E-state index contributed by atoms with van der Waals surface area (Å²) in [6, 6.07) is 4.63. The van der Waals surface area contributed by atoms with Crippen LogP contribution >= 0.6 is 22.6 Å². The number of rotatable bonds is 3. The number of carbonyl (C=O) groups is 2. The Morgan fingerprint density at radius 1 is 1.42 bits per heavy atom. The van der Waals surface area contributed by atoms with Gasteiger partial charge >= 0.3 is 5.97 Å². The lowest BCUT2D eigenvalue weighted by atomic mass is 10.2. The quantitative estimate of drug-likeness (QED) is 0.592. The zero-order valence-electron chi connectivity index (χ0n) is 9.35. The number of H-pyrrole nitrogens is 1. The fourth-order valence-electron chi connectivity index (χ4n) is 1.36. The summed E-state index contributed by atoms with van der Waals surface area (Å²) in [5.41, 5.74) is 5.45. The molecule has 0 aliphatic carbocycles. The van der Waals surface area contributed by atoms with Crippen LogP contribution in [0, 0.1) is 3.57 Å². The molecule has 0 saturated carbocycles. The van der Waals surface area contributed by atoms with E-state index in [1.165, 1.54) is 12.1 Å². The number of aromatic carboxylic acids is 1. The number of carboxylic acids is 1. The van der Waals surface area contributed by atoms with Gasteiger partial charge in [0.2, 0.25) is 11.8 Å². The molecule has 0 atom stereocenters. The SMILES string of the molecule is Nc1n[nH]c(C(=O)Nc2ccc(I)cc2C(=O)O)n1. The molecule has 1 amide bonds. The Morgan fingerprint density at radius 3 is 2.74 bits per heavy atom. The van der Waals surface area contributed by atoms with Gasteiger partial charge in [0, 0.05) is 3.57 Å². The first kappa shape index (κ1) is 13.3. The number of nitrogens with two attached hydrogens (primary N) is 1. The predicted molar refractivity (Wildman–Crippen MR) is 74.9 cm³/mol. The van der Waals surface area contributed by atoms with Crippen LogP contribution < -0.4 is 11.1 Å². The number of nitrogen functional groups attached to an aromatic ring is 1. The van der Waals surface area contributed by atoms with Crippen molar-refractivity contribution < 1.29 is 14.7 Å². The molecule has 1 aromatic carbocycles. The Morgan fingerprint density at radius 2 is 2.16 bits per heavy atom. The van der Waals surface area contributed by atoms with Crippen molar-refractivity contribution in [3.8, 4) is 0 Å². The third kappa shape index (κ3) is 2.99. The lowest BCUT2D eigenvalue weighted by molar-refractivity contribution is 0.0698. The molecule has 0 radical (unpaired) electrons. The van der Waals surface area contributed by atoms with Crippen LogP contribution in [0.3, 0.4) is 0 Å². The maximum absolute atomic E-state index is 11.8. The molecule has 0 aliphatic rings. The molecular formula is C10H8IN5O3. The topological polar surface area (TPSA) is 134 Å². The highest BCUT2D eigenvalue weighted by Crippen LogP contribution is 2.19. The Kier molecular flexibility index (Phi) is 3.64. The van der Waals surface area contributed by atoms with E-state index in [2.05, 4.69) is 20.5 Å². The van der Waals surface area contributed by atoms with Crippen molar-refractivity contribution in [2.24, 2.45) is 0 Å². The molecule has 5 N–H and O–H groups in total. The highest BCUT2D eigenvalue weighted by Gasteiger charge is 2.16. The summed E-state index contributed by atoms with van der Waals surface area (Å²) in [4.78, 5) is 26.5. The van der Waals surface area contributed by atoms with Gasteiger partial charge in [-0.1, -0.05) is 0 Å². The molecule has 0 bridgehead atoms. The summed E-state index contributed by atoms with van der Waals surface area (Å²) in [6.07, 6.45) is 0. The van der Waals surface area contributed by atoms with E-state index in [4.69, 9.17) is 10.8 Å². The first-order valence-electron chi connectivity index (χ1n) is 4.99. The Balaban J connectivity index is 2.28. The summed E-state index contributed by atoms with van der Waals surface area (Å²) in [7, 11) is 0. The number of hydrogen-bond acceptors (Lipinski definition) is 5. The van der Waals surface area contributed by atoms with Crippen LogP contribution in [0.25, 0.3) is 0 Å². The number of aromatic amines is 1. The fourth-order valence-corrected chi connectivity index (χ4v) is 1.85. The van der Waals surface area contributed by atoms with Crippen LogP contribution in [0.1, 0.15) is 21.0 Å². The van der Waals surface area contributed by atoms with Gasteiger partial charge in [0.15, 0.2) is 0 Å². The standard InChI is InChI=1S/C10H8IN5O3/c11-4-1-2-6(5(3-4)9(18)19)13-8(17)7-14-10(12)16-15-7/h1-3H,(H,13,17)(H,18,19)(H3,12,14,15,16). The van der Waals surface area contributed by atoms with Crippen molar-refractivity contribution in [2.75, 3.05) is 11.1 Å². The number of carboxylic acid groups (broad SMARTS) is 1. The molecular weight excluding hydrogens is 365 g/mol. The van der Waals surface area contributed by atoms with Crippen molar-refractivity contribution in [3.63, 3.8) is 0 Å². The van der Waals surface area contributed by atoms with E-state index >= 15 is 0 Å². The zero-order chi connectivity index (χ0) is 14.0. The third-order valence-electron chi connectivity index (χ3n) is 2.18. The predicted octanol–water partition coefficient (Wildman–Crippen LogP) is 0.942. The van der Waals surface area contributed by atoms with Crippen LogP contribution in [-0.2, 0) is 0 Å². The van der Waals surface area contributed by atoms with Crippen molar-refractivity contribution in [2.45, 2.75) is 0 Å². The monoisotopic (exact) mass is 373 g/mol. The minimum Gasteiger partial charge on any atom is -0.478 e. The molecule has 2 rings (SSSR count). The van der Waals surface area contributed by atoms with E-state index in [0.717, 1.165) is 3.57 Å². The van der Waals surface area contributed by atoms with E-state index in [9.17, 15) is 9.59 Å². The lowest BCUT2D eigenvalue weighted by Gasteiger charge is -2.07. The number of carbonyl (C=O) groups excluding carboxylic acids is 1. The third-order valence-corrected chi connectivity index (χ3v) is 2.85. The van der Waals surface area contributed by atoms with Gasteiger partial charge < -0.3 is 16.2 Å². The Hall–Kier alpha value is -2.17. The van der Waals surface area contributed by atoms with Gasteiger partial charge in [-0.2, -0.15) is 4.98 Å². The summed E-state index contributed by atoms with van der Waals surface area (Å²) in [5, 5.41) is 17.4. The van der Waals surface area contributed by atoms with Crippen molar-refractivity contribution in [3.05, 3.63) is 33.2 Å². The number of benzene rings is 1. The van der Waals surface area contributed by atoms with Crippen molar-refractivity contribution >= 4 is 46.1 Å². The number of halogens is 1. The van der Waals surface area contributed by atoms with Gasteiger partial charge in [-0.05, 0) is 40.8 Å². The van der Waals surface area contributed by atoms with Gasteiger partial charge in [0.25, 0.3) is 5.91 Å². The van der Waals surface area contributed by atoms with Gasteiger partial charge in [-0.15, -0.1) is 5.10 Å². The number of amides is 1. The molecule has 2 aromatic rings. The van der Waals surface area contributed by atoms with Gasteiger partial charge in [0.05, 0.1) is 11.3 Å². The molecule has 0 spiro atoms. The number of hydrogen-bond donors (Lipinski definition) is 4. The van der Waals surface area contributed by atoms with Crippen molar-refractivity contribution in [1.29, 1.82) is 0 Å². The Labute approximate surface area is 120 Å². The highest BCUT2D eigenvalue weighted by molar-refractivity contribution is 14.1. The molecule has 0 fully saturated rings. The average molecular weight is 373 g/mol. The summed E-state index contributed by atoms with van der Waals surface area (Å²) in [6.45, 7) is 0. The molecule has 98 valence electrons. The minimum absolute atomic E-state index is 0.00672. The summed E-state index contributed by atoms with van der Waals surface area (Å²) >= 11 is 1.98. The smallest absolute Gasteiger partial charge is 0.337 e. The molecule has 1 aromatic heterocycles. The first-order chi connectivity index (χ1) is 8.97. The molecule has 0 unspecified atom stereocenters. The number of nitrogens with zero attached hydrogens (tertiary/aromatic N) is 2. The fraction of sp³-hybridized carbons (Fsp3) is 0. The molecule has 1 heterocycles. The Bertz CT molecular complexity index is 654. The van der Waals surface area contributed by atoms with Crippen LogP contribution in [0.5, 0.6) is 0 Å². The van der Waals surface area contributed by atoms with E-state index in [1.54, 1.807) is 6.07 Å². The van der Waals surface area contributed by atoms with Crippen LogP contribution in [0.4, 0.5) is 11.6 Å². The molecule has 8 nitrogen and oxygen atoms in total. The van der Waals surface area contributed by atoms with Gasteiger partial charge in [-0.25, -0.2) is 4.79 Å². The maximum Gasteiger partial charge on any atom is 0.337 e. The second kappa shape index (κ2) is 5.22. The minimum atomic E-state index is -1.13. The maximum atomic E-state index is 11.8. The van der Waals surface area contributed by atoms with Gasteiger partial charge in [0.1, 0.15) is 0 Å². The highest BCUT2D eigenvalue weighted by atomic mass is 127. The summed E-state index contributed by atoms with van der Waals surface area (Å²) in [5.74, 6) is -1.91. The van der Waals surface area contributed by atoms with Crippen LogP contribution in [-0.4, -0.2) is 32.2 Å². The number of anilines is 2. The van der Waals surface area contributed by atoms with E-state index in [1.807, 2.05) is 22.6 Å². The lowest BCUT2D eigenvalue weighted by Crippen LogP contribution is -2.16. The second-order valence-corrected chi connectivity index (χ2v) is 4.74. The molecule has 0 saturated heterocycles. The van der Waals surface area contributed by atoms with E-state index in [-0.39, 0.29) is 23.0 Å². The van der Waals surface area contributed by atoms with E-state index in [0.29, 0.717) is 0 Å². The largest absolute Gasteiger partial charge is 0.478 e.